The number of benzene rings is 1. The number of nitrogens with zero attached hydrogens (tertiary/aromatic N) is 1. The number of nitrogens with one attached hydrogen (secondary N) is 2. The number of hydrogen-bond acceptors (Lipinski definition) is 4. The van der Waals surface area contributed by atoms with Crippen LogP contribution in [0.2, 0.25) is 0 Å². The Morgan fingerprint density at radius 1 is 1.20 bits per heavy atom. The van der Waals surface area contributed by atoms with Crippen LogP contribution in [0.5, 0.6) is 0 Å². The highest BCUT2D eigenvalue weighted by Crippen LogP contribution is 2.21. The highest BCUT2D eigenvalue weighted by Gasteiger charge is 2.26. The maximum Gasteiger partial charge on any atom is 0.251 e. The monoisotopic (exact) mass is 367 g/mol. The van der Waals surface area contributed by atoms with Gasteiger partial charge < -0.3 is 10.6 Å². The van der Waals surface area contributed by atoms with Gasteiger partial charge in [-0.2, -0.15) is 4.31 Å². The Bertz CT molecular complexity index is 727. The van der Waals surface area contributed by atoms with Crippen LogP contribution in [0.15, 0.2) is 29.2 Å². The van der Waals surface area contributed by atoms with Crippen molar-refractivity contribution >= 4 is 21.8 Å². The molecule has 138 valence electrons. The SMILES string of the molecule is CCNC(=O)[C@@H](C)NC(=O)c1cccc(S(=O)(=O)N2CCCCC2)c1. The van der Waals surface area contributed by atoms with Crippen molar-refractivity contribution in [3.63, 3.8) is 0 Å². The number of carbonyl (C=O) groups is 2. The number of sulfonamides is 1. The third-order valence-corrected chi connectivity index (χ3v) is 6.04. The van der Waals surface area contributed by atoms with E-state index >= 15 is 0 Å². The number of hydrogen-bond donors (Lipinski definition) is 2. The number of likely N-dealkylation sites (N-methyl/N-ethyl adjacent to an activating group) is 1. The number of carbonyl (C=O) groups excluding carboxylic acids is 2. The van der Waals surface area contributed by atoms with Crippen LogP contribution in [0.3, 0.4) is 0 Å². The van der Waals surface area contributed by atoms with Crippen molar-refractivity contribution in [1.82, 2.24) is 14.9 Å². The molecule has 8 heteroatoms. The molecular formula is C17H25N3O4S. The molecule has 2 amide bonds. The van der Waals surface area contributed by atoms with E-state index in [2.05, 4.69) is 10.6 Å². The van der Waals surface area contributed by atoms with E-state index < -0.39 is 22.0 Å². The maximum atomic E-state index is 12.7. The number of piperidine rings is 1. The summed E-state index contributed by atoms with van der Waals surface area (Å²) in [7, 11) is -3.60. The lowest BCUT2D eigenvalue weighted by Gasteiger charge is -2.26. The summed E-state index contributed by atoms with van der Waals surface area (Å²) in [6.07, 6.45) is 2.74. The van der Waals surface area contributed by atoms with E-state index in [1.165, 1.54) is 22.5 Å². The van der Waals surface area contributed by atoms with Gasteiger partial charge in [-0.15, -0.1) is 0 Å². The molecule has 0 spiro atoms. The van der Waals surface area contributed by atoms with E-state index in [9.17, 15) is 18.0 Å². The predicted octanol–water partition coefficient (Wildman–Crippen LogP) is 1.12. The molecule has 0 aliphatic carbocycles. The molecular weight excluding hydrogens is 342 g/mol. The molecule has 1 aliphatic rings. The molecule has 1 saturated heterocycles. The first kappa shape index (κ1) is 19.4. The van der Waals surface area contributed by atoms with Crippen LogP contribution in [0.1, 0.15) is 43.5 Å². The summed E-state index contributed by atoms with van der Waals surface area (Å²) in [6, 6.07) is 5.24. The van der Waals surface area contributed by atoms with Crippen LogP contribution in [-0.4, -0.2) is 50.2 Å². The Morgan fingerprint density at radius 2 is 1.88 bits per heavy atom. The van der Waals surface area contributed by atoms with E-state index in [0.717, 1.165) is 19.3 Å². The average Bonchev–Trinajstić information content (AvgIpc) is 2.62. The van der Waals surface area contributed by atoms with Crippen LogP contribution in [0.4, 0.5) is 0 Å². The van der Waals surface area contributed by atoms with Crippen molar-refractivity contribution < 1.29 is 18.0 Å². The summed E-state index contributed by atoms with van der Waals surface area (Å²) in [5.74, 6) is -0.762. The summed E-state index contributed by atoms with van der Waals surface area (Å²) in [6.45, 7) is 4.86. The van der Waals surface area contributed by atoms with Crippen LogP contribution in [0.25, 0.3) is 0 Å². The molecule has 7 nitrogen and oxygen atoms in total. The molecule has 1 aliphatic heterocycles. The van der Waals surface area contributed by atoms with E-state index in [1.54, 1.807) is 19.9 Å². The van der Waals surface area contributed by atoms with Gasteiger partial charge in [-0.05, 0) is 44.9 Å². The number of rotatable bonds is 6. The molecule has 25 heavy (non-hydrogen) atoms. The highest BCUT2D eigenvalue weighted by atomic mass is 32.2. The first-order chi connectivity index (χ1) is 11.9. The normalized spacial score (nSPS) is 16.9. The van der Waals surface area contributed by atoms with Crippen molar-refractivity contribution in [2.45, 2.75) is 44.0 Å². The predicted molar refractivity (Wildman–Crippen MR) is 94.7 cm³/mol. The van der Waals surface area contributed by atoms with E-state index in [-0.39, 0.29) is 16.4 Å². The van der Waals surface area contributed by atoms with E-state index in [1.807, 2.05) is 0 Å². The van der Waals surface area contributed by atoms with Crippen LogP contribution < -0.4 is 10.6 Å². The molecule has 0 unspecified atom stereocenters. The van der Waals surface area contributed by atoms with Gasteiger partial charge in [0.1, 0.15) is 6.04 Å². The second kappa shape index (κ2) is 8.44. The van der Waals surface area contributed by atoms with E-state index in [0.29, 0.717) is 19.6 Å². The zero-order valence-electron chi connectivity index (χ0n) is 14.6. The molecule has 1 atom stereocenters. The second-order valence-corrected chi connectivity index (χ2v) is 8.02. The van der Waals surface area contributed by atoms with Gasteiger partial charge in [0.25, 0.3) is 5.91 Å². The summed E-state index contributed by atoms with van der Waals surface area (Å²) in [5.41, 5.74) is 0.217. The van der Waals surface area contributed by atoms with Crippen molar-refractivity contribution in [3.05, 3.63) is 29.8 Å². The van der Waals surface area contributed by atoms with Crippen molar-refractivity contribution in [1.29, 1.82) is 0 Å². The van der Waals surface area contributed by atoms with Gasteiger partial charge in [0.15, 0.2) is 0 Å². The Kier molecular flexibility index (Phi) is 6.55. The van der Waals surface area contributed by atoms with E-state index in [4.69, 9.17) is 0 Å². The molecule has 0 saturated carbocycles. The standard InChI is InChI=1S/C17H25N3O4S/c1-3-18-16(21)13(2)19-17(22)14-8-7-9-15(12-14)25(23,24)20-10-5-4-6-11-20/h7-9,12-13H,3-6,10-11H2,1-2H3,(H,18,21)(H,19,22)/t13-/m1/s1. The molecule has 0 radical (unpaired) electrons. The Labute approximate surface area is 148 Å². The maximum absolute atomic E-state index is 12.7. The van der Waals surface area contributed by atoms with Gasteiger partial charge >= 0.3 is 0 Å². The zero-order chi connectivity index (χ0) is 18.4. The van der Waals surface area contributed by atoms with Gasteiger partial charge in [0, 0.05) is 25.2 Å². The lowest BCUT2D eigenvalue weighted by atomic mass is 10.2. The molecule has 0 bridgehead atoms. The van der Waals surface area contributed by atoms with Gasteiger partial charge in [-0.1, -0.05) is 12.5 Å². The second-order valence-electron chi connectivity index (χ2n) is 6.08. The summed E-state index contributed by atoms with van der Waals surface area (Å²) >= 11 is 0. The third kappa shape index (κ3) is 4.79. The first-order valence-corrected chi connectivity index (χ1v) is 9.99. The van der Waals surface area contributed by atoms with Crippen molar-refractivity contribution in [2.75, 3.05) is 19.6 Å². The molecule has 1 aromatic rings. The smallest absolute Gasteiger partial charge is 0.251 e. The number of amides is 2. The fourth-order valence-corrected chi connectivity index (χ4v) is 4.29. The molecule has 1 fully saturated rings. The fourth-order valence-electron chi connectivity index (χ4n) is 2.72. The minimum atomic E-state index is -3.60. The third-order valence-electron chi connectivity index (χ3n) is 4.14. The highest BCUT2D eigenvalue weighted by molar-refractivity contribution is 7.89. The molecule has 2 rings (SSSR count). The topological polar surface area (TPSA) is 95.6 Å². The van der Waals surface area contributed by atoms with Crippen molar-refractivity contribution in [2.24, 2.45) is 0 Å². The van der Waals surface area contributed by atoms with Gasteiger partial charge in [0.05, 0.1) is 4.90 Å². The minimum Gasteiger partial charge on any atom is -0.355 e. The quantitative estimate of drug-likeness (QED) is 0.787. The van der Waals surface area contributed by atoms with Gasteiger partial charge in [0.2, 0.25) is 15.9 Å². The van der Waals surface area contributed by atoms with Crippen LogP contribution in [-0.2, 0) is 14.8 Å². The minimum absolute atomic E-state index is 0.104. The van der Waals surface area contributed by atoms with Crippen LogP contribution >= 0.6 is 0 Å². The molecule has 2 N–H and O–H groups in total. The lowest BCUT2D eigenvalue weighted by Crippen LogP contribution is -2.44. The summed E-state index contributed by atoms with van der Waals surface area (Å²) in [5, 5.41) is 5.20. The molecule has 1 aromatic carbocycles. The Hall–Kier alpha value is -1.93. The first-order valence-electron chi connectivity index (χ1n) is 8.55. The Balaban J connectivity index is 2.15. The summed E-state index contributed by atoms with van der Waals surface area (Å²) < 4.78 is 26.9. The van der Waals surface area contributed by atoms with Gasteiger partial charge in [-0.3, -0.25) is 9.59 Å². The average molecular weight is 367 g/mol. The zero-order valence-corrected chi connectivity index (χ0v) is 15.4. The van der Waals surface area contributed by atoms with Crippen LogP contribution in [0, 0.1) is 0 Å². The molecule has 1 heterocycles. The largest absolute Gasteiger partial charge is 0.355 e. The summed E-state index contributed by atoms with van der Waals surface area (Å²) in [4.78, 5) is 24.1. The van der Waals surface area contributed by atoms with Gasteiger partial charge in [-0.25, -0.2) is 8.42 Å². The fraction of sp³-hybridized carbons (Fsp3) is 0.529. The Morgan fingerprint density at radius 3 is 2.52 bits per heavy atom. The molecule has 0 aromatic heterocycles. The lowest BCUT2D eigenvalue weighted by molar-refractivity contribution is -0.122. The van der Waals surface area contributed by atoms with Crippen molar-refractivity contribution in [3.8, 4) is 0 Å².